The highest BCUT2D eigenvalue weighted by molar-refractivity contribution is 7.13. The van der Waals surface area contributed by atoms with Crippen molar-refractivity contribution in [2.24, 2.45) is 0 Å². The fraction of sp³-hybridized carbons (Fsp3) is 0.261. The number of ether oxygens (including phenoxy) is 1. The average molecular weight is 456 g/mol. The van der Waals surface area contributed by atoms with Gasteiger partial charge >= 0.3 is 0 Å². The van der Waals surface area contributed by atoms with Crippen LogP contribution < -0.4 is 4.74 Å². The summed E-state index contributed by atoms with van der Waals surface area (Å²) in [6.07, 6.45) is 0. The van der Waals surface area contributed by atoms with Crippen molar-refractivity contribution in [2.75, 3.05) is 26.2 Å². The number of carbonyl (C=O) groups excluding carboxylic acids is 2. The van der Waals surface area contributed by atoms with Crippen LogP contribution in [0.2, 0.25) is 5.02 Å². The number of thiazole rings is 1. The minimum absolute atomic E-state index is 0.0445. The van der Waals surface area contributed by atoms with Crippen LogP contribution in [-0.2, 0) is 11.4 Å². The van der Waals surface area contributed by atoms with Crippen molar-refractivity contribution in [3.05, 3.63) is 70.2 Å². The molecule has 0 spiro atoms. The van der Waals surface area contributed by atoms with E-state index in [1.165, 1.54) is 11.3 Å². The summed E-state index contributed by atoms with van der Waals surface area (Å²) in [5.41, 5.74) is 2.38. The molecule has 1 aromatic heterocycles. The summed E-state index contributed by atoms with van der Waals surface area (Å²) in [6.45, 7) is 4.18. The Morgan fingerprint density at radius 2 is 1.77 bits per heavy atom. The molecule has 1 fully saturated rings. The number of piperazine rings is 1. The first kappa shape index (κ1) is 21.3. The summed E-state index contributed by atoms with van der Waals surface area (Å²) in [5.74, 6) is 0.704. The third-order valence-corrected chi connectivity index (χ3v) is 6.26. The lowest BCUT2D eigenvalue weighted by atomic mass is 10.2. The van der Waals surface area contributed by atoms with Crippen molar-refractivity contribution in [1.29, 1.82) is 0 Å². The summed E-state index contributed by atoms with van der Waals surface area (Å²) < 4.78 is 5.82. The summed E-state index contributed by atoms with van der Waals surface area (Å²) in [7, 11) is 0. The van der Waals surface area contributed by atoms with Crippen LogP contribution in [0.15, 0.2) is 53.9 Å². The van der Waals surface area contributed by atoms with Crippen molar-refractivity contribution >= 4 is 34.8 Å². The standard InChI is InChI=1S/C23H22ClN3O3S/c1-16(28)26-9-11-27(12-10-26)23(29)21-15-31-22(25-21)18-5-7-20(8-6-18)30-14-17-3-2-4-19(24)13-17/h2-8,13,15H,9-12,14H2,1H3. The first-order chi connectivity index (χ1) is 15.0. The van der Waals surface area contributed by atoms with Gasteiger partial charge in [-0.2, -0.15) is 0 Å². The van der Waals surface area contributed by atoms with Gasteiger partial charge in [0.25, 0.3) is 5.91 Å². The fourth-order valence-electron chi connectivity index (χ4n) is 3.38. The van der Waals surface area contributed by atoms with Gasteiger partial charge in [0.1, 0.15) is 23.1 Å². The Morgan fingerprint density at radius 3 is 2.45 bits per heavy atom. The zero-order valence-electron chi connectivity index (χ0n) is 17.1. The lowest BCUT2D eigenvalue weighted by Gasteiger charge is -2.33. The summed E-state index contributed by atoms with van der Waals surface area (Å²) in [4.78, 5) is 32.3. The van der Waals surface area contributed by atoms with E-state index in [2.05, 4.69) is 4.98 Å². The molecule has 6 nitrogen and oxygen atoms in total. The summed E-state index contributed by atoms with van der Waals surface area (Å²) >= 11 is 7.44. The number of rotatable bonds is 5. The summed E-state index contributed by atoms with van der Waals surface area (Å²) in [5, 5.41) is 3.26. The lowest BCUT2D eigenvalue weighted by Crippen LogP contribution is -2.50. The van der Waals surface area contributed by atoms with Crippen LogP contribution in [0.5, 0.6) is 5.75 Å². The quantitative estimate of drug-likeness (QED) is 0.574. The van der Waals surface area contributed by atoms with Crippen LogP contribution >= 0.6 is 22.9 Å². The Morgan fingerprint density at radius 1 is 1.06 bits per heavy atom. The molecule has 0 saturated carbocycles. The smallest absolute Gasteiger partial charge is 0.273 e. The molecule has 0 aliphatic carbocycles. The topological polar surface area (TPSA) is 62.7 Å². The van der Waals surface area contributed by atoms with Gasteiger partial charge in [-0.3, -0.25) is 9.59 Å². The van der Waals surface area contributed by atoms with Crippen LogP contribution in [0.4, 0.5) is 0 Å². The van der Waals surface area contributed by atoms with Crippen molar-refractivity contribution in [2.45, 2.75) is 13.5 Å². The normalized spacial score (nSPS) is 13.9. The molecule has 0 N–H and O–H groups in total. The van der Waals surface area contributed by atoms with Gasteiger partial charge in [-0.05, 0) is 42.0 Å². The van der Waals surface area contributed by atoms with Gasteiger partial charge in [-0.25, -0.2) is 4.98 Å². The molecular formula is C23H22ClN3O3S. The molecule has 1 aliphatic rings. The molecule has 8 heteroatoms. The van der Waals surface area contributed by atoms with E-state index in [9.17, 15) is 9.59 Å². The predicted molar refractivity (Wildman–Crippen MR) is 121 cm³/mol. The van der Waals surface area contributed by atoms with Crippen LogP contribution in [0, 0.1) is 0 Å². The highest BCUT2D eigenvalue weighted by Crippen LogP contribution is 2.27. The number of aromatic nitrogens is 1. The van der Waals surface area contributed by atoms with Crippen LogP contribution in [0.1, 0.15) is 23.0 Å². The molecule has 0 radical (unpaired) electrons. The Labute approximate surface area is 190 Å². The molecule has 1 saturated heterocycles. The molecule has 31 heavy (non-hydrogen) atoms. The maximum atomic E-state index is 12.8. The Kier molecular flexibility index (Phi) is 6.53. The summed E-state index contributed by atoms with van der Waals surface area (Å²) in [6, 6.07) is 15.2. The average Bonchev–Trinajstić information content (AvgIpc) is 3.28. The number of benzene rings is 2. The van der Waals surface area contributed by atoms with E-state index >= 15 is 0 Å². The fourth-order valence-corrected chi connectivity index (χ4v) is 4.39. The molecule has 160 valence electrons. The van der Waals surface area contributed by atoms with Gasteiger partial charge in [0.2, 0.25) is 5.91 Å². The van der Waals surface area contributed by atoms with Gasteiger partial charge in [0.15, 0.2) is 0 Å². The molecule has 1 aliphatic heterocycles. The third kappa shape index (κ3) is 5.24. The zero-order valence-corrected chi connectivity index (χ0v) is 18.7. The monoisotopic (exact) mass is 455 g/mol. The van der Waals surface area contributed by atoms with Crippen molar-refractivity contribution < 1.29 is 14.3 Å². The number of amides is 2. The maximum absolute atomic E-state index is 12.8. The zero-order chi connectivity index (χ0) is 21.8. The minimum Gasteiger partial charge on any atom is -0.489 e. The second-order valence-corrected chi connectivity index (χ2v) is 8.57. The lowest BCUT2D eigenvalue weighted by molar-refractivity contribution is -0.130. The predicted octanol–water partition coefficient (Wildman–Crippen LogP) is 4.35. The SMILES string of the molecule is CC(=O)N1CCN(C(=O)c2csc(-c3ccc(OCc4cccc(Cl)c4)cc3)n2)CC1. The Hall–Kier alpha value is -2.90. The number of halogens is 1. The first-order valence-electron chi connectivity index (χ1n) is 9.97. The van der Waals surface area contributed by atoms with Crippen LogP contribution in [0.25, 0.3) is 10.6 Å². The van der Waals surface area contributed by atoms with E-state index in [0.29, 0.717) is 43.5 Å². The Bertz CT molecular complexity index is 1080. The van der Waals surface area contributed by atoms with Crippen LogP contribution in [0.3, 0.4) is 0 Å². The van der Waals surface area contributed by atoms with Gasteiger partial charge in [0.05, 0.1) is 0 Å². The van der Waals surface area contributed by atoms with Gasteiger partial charge in [-0.1, -0.05) is 23.7 Å². The molecule has 3 aromatic rings. The molecule has 4 rings (SSSR count). The van der Waals surface area contributed by atoms with Gasteiger partial charge < -0.3 is 14.5 Å². The largest absolute Gasteiger partial charge is 0.489 e. The maximum Gasteiger partial charge on any atom is 0.273 e. The van der Waals surface area contributed by atoms with E-state index in [-0.39, 0.29) is 11.8 Å². The highest BCUT2D eigenvalue weighted by atomic mass is 35.5. The van der Waals surface area contributed by atoms with Gasteiger partial charge in [0, 0.05) is 49.1 Å². The minimum atomic E-state index is -0.0906. The van der Waals surface area contributed by atoms with E-state index < -0.39 is 0 Å². The number of nitrogens with zero attached hydrogens (tertiary/aromatic N) is 3. The Balaban J connectivity index is 1.36. The van der Waals surface area contributed by atoms with E-state index in [4.69, 9.17) is 16.3 Å². The molecular weight excluding hydrogens is 434 g/mol. The highest BCUT2D eigenvalue weighted by Gasteiger charge is 2.24. The van der Waals surface area contributed by atoms with Crippen LogP contribution in [-0.4, -0.2) is 52.8 Å². The number of carbonyl (C=O) groups is 2. The molecule has 2 aromatic carbocycles. The van der Waals surface area contributed by atoms with Gasteiger partial charge in [-0.15, -0.1) is 11.3 Å². The number of hydrogen-bond acceptors (Lipinski definition) is 5. The van der Waals surface area contributed by atoms with E-state index in [0.717, 1.165) is 21.9 Å². The number of hydrogen-bond donors (Lipinski definition) is 0. The van der Waals surface area contributed by atoms with E-state index in [1.54, 1.807) is 22.1 Å². The second-order valence-electron chi connectivity index (χ2n) is 7.28. The van der Waals surface area contributed by atoms with Crippen molar-refractivity contribution in [3.63, 3.8) is 0 Å². The van der Waals surface area contributed by atoms with Crippen molar-refractivity contribution in [3.8, 4) is 16.3 Å². The third-order valence-electron chi connectivity index (χ3n) is 5.13. The first-order valence-corrected chi connectivity index (χ1v) is 11.2. The molecule has 0 unspecified atom stereocenters. The van der Waals surface area contributed by atoms with Crippen molar-refractivity contribution in [1.82, 2.24) is 14.8 Å². The molecule has 0 atom stereocenters. The molecule has 2 amide bonds. The van der Waals surface area contributed by atoms with E-state index in [1.807, 2.05) is 48.5 Å². The molecule has 0 bridgehead atoms. The molecule has 2 heterocycles. The second kappa shape index (κ2) is 9.49.